The standard InChI is InChI=1S/C16H18N2O4/c19-15(18-7-8-22-11-13(9-18)16(20)21)10-17-6-5-12-3-1-2-4-14(12)17/h1-6,13H,7-11H2,(H,20,21). The van der Waals surface area contributed by atoms with Gasteiger partial charge in [-0.25, -0.2) is 0 Å². The van der Waals surface area contributed by atoms with Gasteiger partial charge in [0.1, 0.15) is 6.54 Å². The quantitative estimate of drug-likeness (QED) is 0.925. The molecule has 0 spiro atoms. The van der Waals surface area contributed by atoms with Crippen molar-refractivity contribution >= 4 is 22.8 Å². The molecule has 1 saturated heterocycles. The van der Waals surface area contributed by atoms with Crippen molar-refractivity contribution < 1.29 is 19.4 Å². The molecule has 1 N–H and O–H groups in total. The number of aliphatic carboxylic acids is 1. The highest BCUT2D eigenvalue weighted by atomic mass is 16.5. The molecule has 22 heavy (non-hydrogen) atoms. The van der Waals surface area contributed by atoms with Crippen molar-refractivity contribution in [2.24, 2.45) is 5.92 Å². The van der Waals surface area contributed by atoms with Crippen molar-refractivity contribution in [3.63, 3.8) is 0 Å². The fourth-order valence-electron chi connectivity index (χ4n) is 2.71. The Morgan fingerprint density at radius 3 is 2.91 bits per heavy atom. The van der Waals surface area contributed by atoms with Gasteiger partial charge < -0.3 is 19.3 Å². The number of hydrogen-bond donors (Lipinski definition) is 1. The molecule has 2 heterocycles. The molecule has 2 aromatic rings. The molecule has 3 rings (SSSR count). The summed E-state index contributed by atoms with van der Waals surface area (Å²) in [6, 6.07) is 9.82. The maximum atomic E-state index is 12.5. The molecule has 0 aliphatic carbocycles. The van der Waals surface area contributed by atoms with Crippen LogP contribution in [0.5, 0.6) is 0 Å². The number of carbonyl (C=O) groups excluding carboxylic acids is 1. The predicted octanol–water partition coefficient (Wildman–Crippen LogP) is 1.20. The number of hydrogen-bond acceptors (Lipinski definition) is 3. The van der Waals surface area contributed by atoms with E-state index in [1.807, 2.05) is 41.1 Å². The van der Waals surface area contributed by atoms with Gasteiger partial charge in [-0.1, -0.05) is 18.2 Å². The van der Waals surface area contributed by atoms with Crippen molar-refractivity contribution in [3.05, 3.63) is 36.5 Å². The maximum absolute atomic E-state index is 12.5. The molecule has 1 aromatic carbocycles. The molecule has 1 fully saturated rings. The third kappa shape index (κ3) is 2.96. The van der Waals surface area contributed by atoms with Crippen LogP contribution in [0.1, 0.15) is 0 Å². The number of aromatic nitrogens is 1. The van der Waals surface area contributed by atoms with E-state index in [1.54, 1.807) is 4.90 Å². The first-order valence-electron chi connectivity index (χ1n) is 7.27. The lowest BCUT2D eigenvalue weighted by Gasteiger charge is -2.22. The molecule has 1 aliphatic heterocycles. The van der Waals surface area contributed by atoms with E-state index in [4.69, 9.17) is 9.84 Å². The molecule has 6 nitrogen and oxygen atoms in total. The van der Waals surface area contributed by atoms with E-state index in [1.165, 1.54) is 0 Å². The Hall–Kier alpha value is -2.34. The summed E-state index contributed by atoms with van der Waals surface area (Å²) in [5, 5.41) is 10.2. The predicted molar refractivity (Wildman–Crippen MR) is 80.5 cm³/mol. The fraction of sp³-hybridized carbons (Fsp3) is 0.375. The van der Waals surface area contributed by atoms with Crippen LogP contribution >= 0.6 is 0 Å². The average molecular weight is 302 g/mol. The first kappa shape index (κ1) is 14.6. The second kappa shape index (κ2) is 6.19. The van der Waals surface area contributed by atoms with Crippen LogP contribution < -0.4 is 0 Å². The first-order chi connectivity index (χ1) is 10.6. The molecule has 116 valence electrons. The van der Waals surface area contributed by atoms with E-state index in [0.717, 1.165) is 10.9 Å². The fourth-order valence-corrected chi connectivity index (χ4v) is 2.71. The number of benzene rings is 1. The Morgan fingerprint density at radius 1 is 1.27 bits per heavy atom. The molecule has 1 amide bonds. The molecule has 0 bridgehead atoms. The number of amides is 1. The molecular formula is C16H18N2O4. The molecule has 1 aliphatic rings. The van der Waals surface area contributed by atoms with Crippen LogP contribution in [0.2, 0.25) is 0 Å². The van der Waals surface area contributed by atoms with Crippen LogP contribution in [0.3, 0.4) is 0 Å². The van der Waals surface area contributed by atoms with E-state index < -0.39 is 11.9 Å². The molecule has 6 heteroatoms. The minimum Gasteiger partial charge on any atom is -0.481 e. The molecular weight excluding hydrogens is 284 g/mol. The lowest BCUT2D eigenvalue weighted by atomic mass is 10.1. The van der Waals surface area contributed by atoms with Crippen LogP contribution in [-0.4, -0.2) is 52.8 Å². The van der Waals surface area contributed by atoms with Gasteiger partial charge in [0.15, 0.2) is 0 Å². The highest BCUT2D eigenvalue weighted by molar-refractivity contribution is 5.83. The summed E-state index contributed by atoms with van der Waals surface area (Å²) in [7, 11) is 0. The SMILES string of the molecule is O=C(O)C1COCCN(C(=O)Cn2ccc3ccccc32)C1. The van der Waals surface area contributed by atoms with Gasteiger partial charge in [-0.2, -0.15) is 0 Å². The second-order valence-corrected chi connectivity index (χ2v) is 5.45. The van der Waals surface area contributed by atoms with Crippen molar-refractivity contribution in [3.8, 4) is 0 Å². The van der Waals surface area contributed by atoms with Gasteiger partial charge in [0.25, 0.3) is 0 Å². The molecule has 0 saturated carbocycles. The number of rotatable bonds is 3. The number of nitrogens with zero attached hydrogens (tertiary/aromatic N) is 2. The molecule has 1 unspecified atom stereocenters. The van der Waals surface area contributed by atoms with Gasteiger partial charge in [-0.15, -0.1) is 0 Å². The summed E-state index contributed by atoms with van der Waals surface area (Å²) in [4.78, 5) is 25.2. The normalized spacial score (nSPS) is 19.1. The molecule has 1 aromatic heterocycles. The monoisotopic (exact) mass is 302 g/mol. The Balaban J connectivity index is 1.74. The van der Waals surface area contributed by atoms with Gasteiger partial charge in [0, 0.05) is 24.8 Å². The zero-order chi connectivity index (χ0) is 15.5. The number of fused-ring (bicyclic) bond motifs is 1. The third-order valence-corrected chi connectivity index (χ3v) is 3.95. The number of carboxylic acid groups (broad SMARTS) is 1. The van der Waals surface area contributed by atoms with Crippen LogP contribution in [0.4, 0.5) is 0 Å². The van der Waals surface area contributed by atoms with E-state index in [0.29, 0.717) is 13.2 Å². The smallest absolute Gasteiger partial charge is 0.310 e. The summed E-state index contributed by atoms with van der Waals surface area (Å²) < 4.78 is 7.16. The largest absolute Gasteiger partial charge is 0.481 e. The van der Waals surface area contributed by atoms with Gasteiger partial charge >= 0.3 is 5.97 Å². The molecule has 0 radical (unpaired) electrons. The van der Waals surface area contributed by atoms with Crippen LogP contribution in [0.25, 0.3) is 10.9 Å². The van der Waals surface area contributed by atoms with Gasteiger partial charge in [-0.3, -0.25) is 9.59 Å². The van der Waals surface area contributed by atoms with E-state index in [-0.39, 0.29) is 25.6 Å². The number of carbonyl (C=O) groups is 2. The topological polar surface area (TPSA) is 71.8 Å². The summed E-state index contributed by atoms with van der Waals surface area (Å²) in [6.45, 7) is 1.38. The van der Waals surface area contributed by atoms with Crippen LogP contribution in [0.15, 0.2) is 36.5 Å². The zero-order valence-electron chi connectivity index (χ0n) is 12.1. The van der Waals surface area contributed by atoms with E-state index in [9.17, 15) is 9.59 Å². The Morgan fingerprint density at radius 2 is 2.09 bits per heavy atom. The minimum atomic E-state index is -0.925. The lowest BCUT2D eigenvalue weighted by Crippen LogP contribution is -2.39. The van der Waals surface area contributed by atoms with Crippen molar-refractivity contribution in [2.45, 2.75) is 6.54 Å². The summed E-state index contributed by atoms with van der Waals surface area (Å²) in [6.07, 6.45) is 1.88. The lowest BCUT2D eigenvalue weighted by molar-refractivity contribution is -0.144. The summed E-state index contributed by atoms with van der Waals surface area (Å²) in [5.74, 6) is -1.67. The van der Waals surface area contributed by atoms with Crippen LogP contribution in [0, 0.1) is 5.92 Å². The highest BCUT2D eigenvalue weighted by Gasteiger charge is 2.27. The Bertz CT molecular complexity index is 694. The number of carboxylic acids is 1. The van der Waals surface area contributed by atoms with Crippen LogP contribution in [-0.2, 0) is 20.9 Å². The summed E-state index contributed by atoms with van der Waals surface area (Å²) in [5.41, 5.74) is 0.997. The van der Waals surface area contributed by atoms with Crippen molar-refractivity contribution in [2.75, 3.05) is 26.3 Å². The Labute approximate surface area is 127 Å². The number of para-hydroxylation sites is 1. The average Bonchev–Trinajstić information content (AvgIpc) is 2.75. The van der Waals surface area contributed by atoms with Gasteiger partial charge in [0.05, 0.1) is 19.1 Å². The Kier molecular flexibility index (Phi) is 4.11. The van der Waals surface area contributed by atoms with Gasteiger partial charge in [0.2, 0.25) is 5.91 Å². The third-order valence-electron chi connectivity index (χ3n) is 3.95. The molecule has 1 atom stereocenters. The zero-order valence-corrected chi connectivity index (χ0v) is 12.1. The minimum absolute atomic E-state index is 0.0851. The maximum Gasteiger partial charge on any atom is 0.310 e. The van der Waals surface area contributed by atoms with Crippen molar-refractivity contribution in [1.82, 2.24) is 9.47 Å². The van der Waals surface area contributed by atoms with E-state index >= 15 is 0 Å². The van der Waals surface area contributed by atoms with E-state index in [2.05, 4.69) is 0 Å². The highest BCUT2D eigenvalue weighted by Crippen LogP contribution is 2.16. The van der Waals surface area contributed by atoms with Crippen molar-refractivity contribution in [1.29, 1.82) is 0 Å². The second-order valence-electron chi connectivity index (χ2n) is 5.45. The number of ether oxygens (including phenoxy) is 1. The van der Waals surface area contributed by atoms with Gasteiger partial charge in [-0.05, 0) is 17.5 Å². The summed E-state index contributed by atoms with van der Waals surface area (Å²) >= 11 is 0. The first-order valence-corrected chi connectivity index (χ1v) is 7.27.